The second kappa shape index (κ2) is 6.96. The minimum absolute atomic E-state index is 0.178. The molecule has 0 bridgehead atoms. The van der Waals surface area contributed by atoms with Crippen molar-refractivity contribution >= 4 is 34.8 Å². The normalized spacial score (nSPS) is 13.9. The Bertz CT molecular complexity index is 445. The maximum absolute atomic E-state index is 10.7. The summed E-state index contributed by atoms with van der Waals surface area (Å²) in [5.74, 6) is -0.203. The summed E-state index contributed by atoms with van der Waals surface area (Å²) in [4.78, 5) is 10.7. The van der Waals surface area contributed by atoms with E-state index in [1.165, 1.54) is 19.1 Å². The van der Waals surface area contributed by atoms with Gasteiger partial charge in [0.1, 0.15) is 6.10 Å². The first-order chi connectivity index (χ1) is 8.82. The Labute approximate surface area is 121 Å². The lowest BCUT2D eigenvalue weighted by molar-refractivity contribution is -0.119. The number of rotatable bonds is 5. The molecule has 0 aromatic heterocycles. The Morgan fingerprint density at radius 1 is 1.37 bits per heavy atom. The molecule has 0 fully saturated rings. The van der Waals surface area contributed by atoms with Crippen LogP contribution in [0.15, 0.2) is 12.1 Å². The molecule has 106 valence electrons. The molecule has 2 atom stereocenters. The van der Waals surface area contributed by atoms with Gasteiger partial charge in [0.15, 0.2) is 0 Å². The standard InChI is InChI=1S/C12H16Cl2N2O3/c1-6(17)16-3-2-10(18)12(19)11-8(13)4-7(15)5-9(11)14/h4-5,10,12,18-19H,2-3,15H2,1H3,(H,16,17). The van der Waals surface area contributed by atoms with Gasteiger partial charge in [-0.05, 0) is 18.6 Å². The first kappa shape index (κ1) is 16.0. The van der Waals surface area contributed by atoms with E-state index < -0.39 is 12.2 Å². The van der Waals surface area contributed by atoms with Crippen molar-refractivity contribution in [2.45, 2.75) is 25.6 Å². The van der Waals surface area contributed by atoms with Crippen molar-refractivity contribution in [3.8, 4) is 0 Å². The molecular weight excluding hydrogens is 291 g/mol. The number of carbonyl (C=O) groups is 1. The first-order valence-corrected chi connectivity index (χ1v) is 6.43. The van der Waals surface area contributed by atoms with Gasteiger partial charge in [0.2, 0.25) is 5.91 Å². The number of hydrogen-bond donors (Lipinski definition) is 4. The van der Waals surface area contributed by atoms with Crippen molar-refractivity contribution in [2.75, 3.05) is 12.3 Å². The van der Waals surface area contributed by atoms with Crippen LogP contribution in [0, 0.1) is 0 Å². The number of benzene rings is 1. The van der Waals surface area contributed by atoms with Crippen LogP contribution in [-0.2, 0) is 4.79 Å². The number of hydrogen-bond acceptors (Lipinski definition) is 4. The molecule has 0 saturated carbocycles. The monoisotopic (exact) mass is 306 g/mol. The number of nitrogens with one attached hydrogen (secondary N) is 1. The minimum Gasteiger partial charge on any atom is -0.399 e. The van der Waals surface area contributed by atoms with E-state index >= 15 is 0 Å². The third-order valence-electron chi connectivity index (χ3n) is 2.58. The van der Waals surface area contributed by atoms with Crippen LogP contribution < -0.4 is 11.1 Å². The zero-order valence-corrected chi connectivity index (χ0v) is 11.9. The molecule has 5 nitrogen and oxygen atoms in total. The summed E-state index contributed by atoms with van der Waals surface area (Å²) in [7, 11) is 0. The Balaban J connectivity index is 2.76. The second-order valence-electron chi connectivity index (χ2n) is 4.18. The molecule has 2 unspecified atom stereocenters. The van der Waals surface area contributed by atoms with Gasteiger partial charge < -0.3 is 21.3 Å². The Morgan fingerprint density at radius 2 is 1.89 bits per heavy atom. The van der Waals surface area contributed by atoms with Gasteiger partial charge in [-0.2, -0.15) is 0 Å². The summed E-state index contributed by atoms with van der Waals surface area (Å²) in [6.07, 6.45) is -2.16. The van der Waals surface area contributed by atoms with E-state index in [1.54, 1.807) is 0 Å². The minimum atomic E-state index is -1.24. The average Bonchev–Trinajstić information content (AvgIpc) is 2.26. The number of amides is 1. The molecule has 1 rings (SSSR count). The Kier molecular flexibility index (Phi) is 5.87. The van der Waals surface area contributed by atoms with E-state index in [-0.39, 0.29) is 34.5 Å². The van der Waals surface area contributed by atoms with Crippen molar-refractivity contribution in [3.05, 3.63) is 27.7 Å². The molecule has 5 N–H and O–H groups in total. The summed E-state index contributed by atoms with van der Waals surface area (Å²) in [5, 5.41) is 22.8. The van der Waals surface area contributed by atoms with E-state index in [4.69, 9.17) is 28.9 Å². The van der Waals surface area contributed by atoms with Crippen molar-refractivity contribution in [3.63, 3.8) is 0 Å². The largest absolute Gasteiger partial charge is 0.399 e. The second-order valence-corrected chi connectivity index (χ2v) is 5.00. The van der Waals surface area contributed by atoms with Gasteiger partial charge in [-0.3, -0.25) is 4.79 Å². The molecule has 1 aromatic rings. The lowest BCUT2D eigenvalue weighted by Crippen LogP contribution is -2.27. The van der Waals surface area contributed by atoms with Crippen molar-refractivity contribution in [1.29, 1.82) is 0 Å². The third-order valence-corrected chi connectivity index (χ3v) is 3.20. The number of nitrogens with two attached hydrogens (primary N) is 1. The van der Waals surface area contributed by atoms with Crippen molar-refractivity contribution in [2.24, 2.45) is 0 Å². The maximum atomic E-state index is 10.7. The summed E-state index contributed by atoms with van der Waals surface area (Å²) in [6, 6.07) is 2.90. The molecule has 0 aliphatic heterocycles. The van der Waals surface area contributed by atoms with Crippen molar-refractivity contribution < 1.29 is 15.0 Å². The summed E-state index contributed by atoms with van der Waals surface area (Å²) >= 11 is 11.9. The number of halogens is 2. The van der Waals surface area contributed by atoms with Crippen LogP contribution in [0.25, 0.3) is 0 Å². The highest BCUT2D eigenvalue weighted by molar-refractivity contribution is 6.36. The molecule has 0 heterocycles. The van der Waals surface area contributed by atoms with E-state index in [0.717, 1.165) is 0 Å². The number of aliphatic hydroxyl groups excluding tert-OH is 2. The smallest absolute Gasteiger partial charge is 0.216 e. The summed E-state index contributed by atoms with van der Waals surface area (Å²) in [6.45, 7) is 1.62. The van der Waals surface area contributed by atoms with Gasteiger partial charge in [0, 0.05) is 34.8 Å². The first-order valence-electron chi connectivity index (χ1n) is 5.68. The van der Waals surface area contributed by atoms with E-state index in [0.29, 0.717) is 5.69 Å². The van der Waals surface area contributed by atoms with Gasteiger partial charge in [-0.15, -0.1) is 0 Å². The molecule has 0 spiro atoms. The number of aliphatic hydroxyl groups is 2. The quantitative estimate of drug-likeness (QED) is 0.620. The molecule has 0 aliphatic carbocycles. The fourth-order valence-corrected chi connectivity index (χ4v) is 2.36. The van der Waals surface area contributed by atoms with Crippen LogP contribution >= 0.6 is 23.2 Å². The topological polar surface area (TPSA) is 95.6 Å². The predicted octanol–water partition coefficient (Wildman–Crippen LogP) is 1.50. The van der Waals surface area contributed by atoms with Gasteiger partial charge in [0.05, 0.1) is 6.10 Å². The van der Waals surface area contributed by atoms with Gasteiger partial charge in [-0.1, -0.05) is 23.2 Å². The molecule has 0 aliphatic rings. The highest BCUT2D eigenvalue weighted by atomic mass is 35.5. The molecule has 19 heavy (non-hydrogen) atoms. The lowest BCUT2D eigenvalue weighted by Gasteiger charge is -2.20. The summed E-state index contributed by atoms with van der Waals surface area (Å²) < 4.78 is 0. The van der Waals surface area contributed by atoms with Crippen LogP contribution in [0.5, 0.6) is 0 Å². The molecule has 1 aromatic carbocycles. The molecule has 1 amide bonds. The summed E-state index contributed by atoms with van der Waals surface area (Å²) in [5.41, 5.74) is 6.16. The zero-order chi connectivity index (χ0) is 14.6. The highest BCUT2D eigenvalue weighted by Gasteiger charge is 2.23. The van der Waals surface area contributed by atoms with Gasteiger partial charge >= 0.3 is 0 Å². The molecular formula is C12H16Cl2N2O3. The molecule has 0 saturated heterocycles. The van der Waals surface area contributed by atoms with E-state index in [9.17, 15) is 15.0 Å². The fraction of sp³-hybridized carbons (Fsp3) is 0.417. The maximum Gasteiger partial charge on any atom is 0.216 e. The van der Waals surface area contributed by atoms with E-state index in [1.807, 2.05) is 0 Å². The zero-order valence-electron chi connectivity index (χ0n) is 10.4. The molecule has 0 radical (unpaired) electrons. The van der Waals surface area contributed by atoms with Crippen LogP contribution in [0.4, 0.5) is 5.69 Å². The number of carbonyl (C=O) groups excluding carboxylic acids is 1. The SMILES string of the molecule is CC(=O)NCCC(O)C(O)c1c(Cl)cc(N)cc1Cl. The van der Waals surface area contributed by atoms with E-state index in [2.05, 4.69) is 5.32 Å². The number of nitrogen functional groups attached to an aromatic ring is 1. The predicted molar refractivity (Wildman–Crippen MR) is 75.1 cm³/mol. The Hall–Kier alpha value is -1.01. The van der Waals surface area contributed by atoms with Crippen LogP contribution in [0.3, 0.4) is 0 Å². The Morgan fingerprint density at radius 3 is 2.37 bits per heavy atom. The van der Waals surface area contributed by atoms with Crippen LogP contribution in [0.2, 0.25) is 10.0 Å². The number of anilines is 1. The van der Waals surface area contributed by atoms with Crippen LogP contribution in [-0.4, -0.2) is 28.8 Å². The highest BCUT2D eigenvalue weighted by Crippen LogP contribution is 2.34. The third kappa shape index (κ3) is 4.54. The van der Waals surface area contributed by atoms with Gasteiger partial charge in [-0.25, -0.2) is 0 Å². The van der Waals surface area contributed by atoms with Crippen LogP contribution in [0.1, 0.15) is 25.0 Å². The fourth-order valence-electron chi connectivity index (χ4n) is 1.63. The lowest BCUT2D eigenvalue weighted by atomic mass is 10.0. The molecule has 7 heteroatoms. The van der Waals surface area contributed by atoms with Crippen molar-refractivity contribution in [1.82, 2.24) is 5.32 Å². The van der Waals surface area contributed by atoms with Gasteiger partial charge in [0.25, 0.3) is 0 Å². The average molecular weight is 307 g/mol.